The van der Waals surface area contributed by atoms with E-state index in [9.17, 15) is 22.4 Å². The summed E-state index contributed by atoms with van der Waals surface area (Å²) in [6.07, 6.45) is -3.88. The van der Waals surface area contributed by atoms with E-state index in [2.05, 4.69) is 0 Å². The molecule has 0 saturated carbocycles. The Morgan fingerprint density at radius 1 is 1.61 bits per heavy atom. The average Bonchev–Trinajstić information content (AvgIpc) is 2.43. The first kappa shape index (κ1) is 14.5. The average molecular weight is 268 g/mol. The second-order valence-corrected chi connectivity index (χ2v) is 4.06. The lowest BCUT2D eigenvalue weighted by Gasteiger charge is -2.16. The Labute approximate surface area is 100 Å². The van der Waals surface area contributed by atoms with Gasteiger partial charge in [0.15, 0.2) is 0 Å². The molecule has 18 heavy (non-hydrogen) atoms. The third-order valence-electron chi connectivity index (χ3n) is 2.62. The second-order valence-electron chi connectivity index (χ2n) is 4.06. The van der Waals surface area contributed by atoms with Crippen molar-refractivity contribution in [3.63, 3.8) is 0 Å². The number of allylic oxidation sites excluding steroid dienone is 2. The van der Waals surface area contributed by atoms with Gasteiger partial charge in [-0.15, -0.1) is 0 Å². The molecule has 0 saturated heterocycles. The van der Waals surface area contributed by atoms with Crippen molar-refractivity contribution >= 4 is 11.7 Å². The highest BCUT2D eigenvalue weighted by Gasteiger charge is 2.47. The van der Waals surface area contributed by atoms with Crippen LogP contribution in [0.25, 0.3) is 0 Å². The van der Waals surface area contributed by atoms with Gasteiger partial charge in [-0.1, -0.05) is 6.92 Å². The van der Waals surface area contributed by atoms with E-state index in [0.29, 0.717) is 0 Å². The molecule has 0 radical (unpaired) electrons. The van der Waals surface area contributed by atoms with Crippen molar-refractivity contribution in [3.05, 3.63) is 11.3 Å². The van der Waals surface area contributed by atoms with E-state index in [1.165, 1.54) is 6.92 Å². The molecule has 3 N–H and O–H groups in total. The van der Waals surface area contributed by atoms with Gasteiger partial charge in [0.25, 0.3) is 12.3 Å². The Kier molecular flexibility index (Phi) is 3.98. The molecule has 0 heterocycles. The smallest absolute Gasteiger partial charge is 0.322 e. The molecule has 102 valence electrons. The number of carboxylic acids is 1. The number of hydrogen-bond donors (Lipinski definition) is 3. The van der Waals surface area contributed by atoms with E-state index >= 15 is 0 Å². The summed E-state index contributed by atoms with van der Waals surface area (Å²) in [7, 11) is 0. The molecule has 1 aliphatic rings. The Hall–Kier alpha value is -1.60. The zero-order valence-electron chi connectivity index (χ0n) is 9.44. The lowest BCUT2D eigenvalue weighted by atomic mass is 9.99. The summed E-state index contributed by atoms with van der Waals surface area (Å²) in [5.74, 6) is -5.72. The number of hydrogen-bond acceptors (Lipinski definition) is 3. The Bertz CT molecular complexity index is 407. The molecular weight excluding hydrogens is 256 g/mol. The summed E-state index contributed by atoms with van der Waals surface area (Å²) >= 11 is 0. The first-order valence-corrected chi connectivity index (χ1v) is 5.12. The van der Waals surface area contributed by atoms with Crippen molar-refractivity contribution in [2.75, 3.05) is 6.54 Å². The second kappa shape index (κ2) is 4.95. The summed E-state index contributed by atoms with van der Waals surface area (Å²) < 4.78 is 51.9. The molecule has 1 aliphatic carbocycles. The van der Waals surface area contributed by atoms with Gasteiger partial charge in [-0.05, 0) is 5.92 Å². The van der Waals surface area contributed by atoms with Gasteiger partial charge in [-0.3, -0.25) is 10.2 Å². The van der Waals surface area contributed by atoms with Gasteiger partial charge in [0.05, 0.1) is 5.70 Å². The van der Waals surface area contributed by atoms with Crippen LogP contribution < -0.4 is 5.32 Å². The summed E-state index contributed by atoms with van der Waals surface area (Å²) in [6, 6.07) is 0. The molecule has 0 spiro atoms. The first-order valence-electron chi connectivity index (χ1n) is 5.12. The van der Waals surface area contributed by atoms with Gasteiger partial charge in [0, 0.05) is 12.0 Å². The molecule has 0 aromatic rings. The van der Waals surface area contributed by atoms with Gasteiger partial charge >= 0.3 is 5.97 Å². The number of rotatable bonds is 5. The normalized spacial score (nSPS) is 22.4. The number of halogens is 4. The maximum atomic E-state index is 13.5. The Morgan fingerprint density at radius 2 is 2.17 bits per heavy atom. The zero-order chi connectivity index (χ0) is 14.1. The van der Waals surface area contributed by atoms with Crippen LogP contribution in [0.4, 0.5) is 17.6 Å². The Morgan fingerprint density at radius 3 is 2.61 bits per heavy atom. The molecule has 1 rings (SSSR count). The minimum absolute atomic E-state index is 0.490. The number of carboxylic acid groups (broad SMARTS) is 1. The maximum Gasteiger partial charge on any atom is 0.322 e. The van der Waals surface area contributed by atoms with Crippen molar-refractivity contribution in [2.45, 2.75) is 25.7 Å². The van der Waals surface area contributed by atoms with E-state index in [1.54, 1.807) is 0 Å². The van der Waals surface area contributed by atoms with Gasteiger partial charge in [-0.2, -0.15) is 8.78 Å². The van der Waals surface area contributed by atoms with Gasteiger partial charge in [-0.25, -0.2) is 8.78 Å². The maximum absolute atomic E-state index is 13.5. The molecule has 0 aromatic heterocycles. The van der Waals surface area contributed by atoms with Gasteiger partial charge in [0.2, 0.25) is 0 Å². The van der Waals surface area contributed by atoms with E-state index in [1.807, 2.05) is 5.32 Å². The number of alkyl halides is 4. The van der Waals surface area contributed by atoms with Crippen LogP contribution in [0.3, 0.4) is 0 Å². The van der Waals surface area contributed by atoms with Crippen LogP contribution in [-0.2, 0) is 4.79 Å². The SMILES string of the molecule is C[C@H]1CC(F)(F)C(NCC(=O)O)=C1C(=N)C(F)F. The highest BCUT2D eigenvalue weighted by atomic mass is 19.3. The molecule has 0 amide bonds. The predicted octanol–water partition coefficient (Wildman–Crippen LogP) is 1.87. The predicted molar refractivity (Wildman–Crippen MR) is 55.1 cm³/mol. The van der Waals surface area contributed by atoms with Crippen molar-refractivity contribution in [3.8, 4) is 0 Å². The van der Waals surface area contributed by atoms with E-state index < -0.39 is 54.2 Å². The molecule has 0 fully saturated rings. The topological polar surface area (TPSA) is 73.2 Å². The first-order chi connectivity index (χ1) is 8.16. The third-order valence-corrected chi connectivity index (χ3v) is 2.62. The van der Waals surface area contributed by atoms with Crippen molar-refractivity contribution in [1.82, 2.24) is 5.32 Å². The van der Waals surface area contributed by atoms with E-state index in [0.717, 1.165) is 0 Å². The van der Waals surface area contributed by atoms with Crippen molar-refractivity contribution < 1.29 is 27.5 Å². The van der Waals surface area contributed by atoms with Crippen LogP contribution in [0.15, 0.2) is 11.3 Å². The lowest BCUT2D eigenvalue weighted by Crippen LogP contribution is -2.32. The summed E-state index contributed by atoms with van der Waals surface area (Å²) in [5.41, 5.74) is -2.55. The lowest BCUT2D eigenvalue weighted by molar-refractivity contribution is -0.135. The van der Waals surface area contributed by atoms with Crippen LogP contribution in [0.1, 0.15) is 13.3 Å². The quantitative estimate of drug-likeness (QED) is 0.526. The summed E-state index contributed by atoms with van der Waals surface area (Å²) in [5, 5.41) is 17.5. The van der Waals surface area contributed by atoms with Crippen molar-refractivity contribution in [1.29, 1.82) is 5.41 Å². The minimum atomic E-state index is -3.41. The van der Waals surface area contributed by atoms with Crippen LogP contribution in [-0.4, -0.2) is 35.7 Å². The fourth-order valence-electron chi connectivity index (χ4n) is 1.94. The van der Waals surface area contributed by atoms with E-state index in [4.69, 9.17) is 10.5 Å². The van der Waals surface area contributed by atoms with E-state index in [-0.39, 0.29) is 0 Å². The highest BCUT2D eigenvalue weighted by Crippen LogP contribution is 2.43. The van der Waals surface area contributed by atoms with Crippen LogP contribution in [0.5, 0.6) is 0 Å². The van der Waals surface area contributed by atoms with Gasteiger partial charge in [0.1, 0.15) is 12.3 Å². The molecule has 0 aromatic carbocycles. The minimum Gasteiger partial charge on any atom is -0.480 e. The fraction of sp³-hybridized carbons (Fsp3) is 0.600. The highest BCUT2D eigenvalue weighted by molar-refractivity contribution is 6.01. The molecular formula is C10H12F4N2O2. The van der Waals surface area contributed by atoms with Crippen LogP contribution >= 0.6 is 0 Å². The van der Waals surface area contributed by atoms with Crippen molar-refractivity contribution in [2.24, 2.45) is 5.92 Å². The summed E-state index contributed by atoms with van der Waals surface area (Å²) in [4.78, 5) is 10.3. The number of carbonyl (C=O) groups is 1. The van der Waals surface area contributed by atoms with Crippen LogP contribution in [0, 0.1) is 11.3 Å². The third kappa shape index (κ3) is 2.80. The Balaban J connectivity index is 3.11. The van der Waals surface area contributed by atoms with Crippen LogP contribution in [0.2, 0.25) is 0 Å². The largest absolute Gasteiger partial charge is 0.480 e. The number of nitrogens with one attached hydrogen (secondary N) is 2. The molecule has 4 nitrogen and oxygen atoms in total. The molecule has 0 unspecified atom stereocenters. The molecule has 1 atom stereocenters. The summed E-state index contributed by atoms with van der Waals surface area (Å²) in [6.45, 7) is 0.493. The molecule has 0 bridgehead atoms. The standard InChI is InChI=1S/C10H12F4N2O2/c1-4-2-10(13,14)8(16-3-5(17)18)6(4)7(15)9(11)12/h4,9,15-16H,2-3H2,1H3,(H,17,18)/t4-/m0/s1. The molecule has 0 aliphatic heterocycles. The number of aliphatic carboxylic acids is 1. The monoisotopic (exact) mass is 268 g/mol. The van der Waals surface area contributed by atoms with Gasteiger partial charge < -0.3 is 10.4 Å². The zero-order valence-corrected chi connectivity index (χ0v) is 9.44. The fourth-order valence-corrected chi connectivity index (χ4v) is 1.94. The molecule has 8 heteroatoms.